The number of hydrogen-bond acceptors (Lipinski definition) is 5. The van der Waals surface area contributed by atoms with E-state index in [4.69, 9.17) is 18.9 Å². The third-order valence-electron chi connectivity index (χ3n) is 4.32. The van der Waals surface area contributed by atoms with Crippen molar-refractivity contribution in [2.45, 2.75) is 38.3 Å². The van der Waals surface area contributed by atoms with Gasteiger partial charge >= 0.3 is 0 Å². The Labute approximate surface area is 132 Å². The Kier molecular flexibility index (Phi) is 5.05. The van der Waals surface area contributed by atoms with Crippen LogP contribution in [0.1, 0.15) is 31.2 Å². The molecule has 0 spiro atoms. The van der Waals surface area contributed by atoms with E-state index in [0.717, 1.165) is 48.9 Å². The quantitative estimate of drug-likeness (QED) is 0.808. The first-order chi connectivity index (χ1) is 10.8. The average Bonchev–Trinajstić information content (AvgIpc) is 3.00. The van der Waals surface area contributed by atoms with Crippen LogP contribution in [0.3, 0.4) is 0 Å². The lowest BCUT2D eigenvalue weighted by Crippen LogP contribution is -2.26. The molecule has 1 saturated heterocycles. The minimum Gasteiger partial charge on any atom is -0.496 e. The van der Waals surface area contributed by atoms with Gasteiger partial charge in [-0.3, -0.25) is 0 Å². The van der Waals surface area contributed by atoms with Crippen LogP contribution in [0.4, 0.5) is 0 Å². The Balaban J connectivity index is 1.57. The van der Waals surface area contributed by atoms with Gasteiger partial charge in [0, 0.05) is 31.3 Å². The molecular weight excluding hydrogens is 282 g/mol. The van der Waals surface area contributed by atoms with Gasteiger partial charge in [0.25, 0.3) is 0 Å². The predicted molar refractivity (Wildman–Crippen MR) is 83.7 cm³/mol. The first-order valence-corrected chi connectivity index (χ1v) is 8.03. The molecule has 2 aliphatic rings. The van der Waals surface area contributed by atoms with E-state index in [9.17, 15) is 0 Å². The fourth-order valence-corrected chi connectivity index (χ4v) is 3.05. The lowest BCUT2D eigenvalue weighted by molar-refractivity contribution is 0.00638. The molecule has 2 aliphatic heterocycles. The molecule has 0 bridgehead atoms. The third kappa shape index (κ3) is 3.65. The summed E-state index contributed by atoms with van der Waals surface area (Å²) in [5.74, 6) is 2.42. The monoisotopic (exact) mass is 307 g/mol. The summed E-state index contributed by atoms with van der Waals surface area (Å²) >= 11 is 0. The highest BCUT2D eigenvalue weighted by molar-refractivity contribution is 5.51. The highest BCUT2D eigenvalue weighted by atomic mass is 16.7. The molecule has 0 aliphatic carbocycles. The summed E-state index contributed by atoms with van der Waals surface area (Å²) in [5.41, 5.74) is 1.12. The lowest BCUT2D eigenvalue weighted by atomic mass is 10.1. The van der Waals surface area contributed by atoms with Gasteiger partial charge in [0.15, 0.2) is 11.5 Å². The van der Waals surface area contributed by atoms with E-state index >= 15 is 0 Å². The minimum absolute atomic E-state index is 0.288. The van der Waals surface area contributed by atoms with Crippen molar-refractivity contribution in [2.24, 2.45) is 0 Å². The minimum atomic E-state index is 0.288. The van der Waals surface area contributed by atoms with Gasteiger partial charge < -0.3 is 23.8 Å². The van der Waals surface area contributed by atoms with Gasteiger partial charge in [-0.25, -0.2) is 0 Å². The number of fused-ring (bicyclic) bond motifs is 1. The highest BCUT2D eigenvalue weighted by Crippen LogP contribution is 2.38. The summed E-state index contributed by atoms with van der Waals surface area (Å²) in [5, 5.41) is 0. The van der Waals surface area contributed by atoms with Crippen LogP contribution in [0.5, 0.6) is 17.2 Å². The first-order valence-electron chi connectivity index (χ1n) is 8.03. The van der Waals surface area contributed by atoms with E-state index in [1.807, 2.05) is 12.1 Å². The van der Waals surface area contributed by atoms with E-state index in [1.165, 1.54) is 19.3 Å². The van der Waals surface area contributed by atoms with E-state index in [2.05, 4.69) is 11.9 Å². The molecular formula is C17H25NO4. The number of ether oxygens (including phenoxy) is 4. The zero-order valence-corrected chi connectivity index (χ0v) is 13.5. The molecule has 0 N–H and O–H groups in total. The van der Waals surface area contributed by atoms with Crippen molar-refractivity contribution < 1.29 is 18.9 Å². The Hall–Kier alpha value is -1.46. The van der Waals surface area contributed by atoms with E-state index in [-0.39, 0.29) is 6.79 Å². The molecule has 0 amide bonds. The molecule has 5 heteroatoms. The lowest BCUT2D eigenvalue weighted by Gasteiger charge is -2.25. The number of rotatable bonds is 6. The fraction of sp³-hybridized carbons (Fsp3) is 0.647. The van der Waals surface area contributed by atoms with Crippen LogP contribution in [0, 0.1) is 0 Å². The summed E-state index contributed by atoms with van der Waals surface area (Å²) in [6, 6.07) is 3.94. The molecule has 1 aromatic carbocycles. The van der Waals surface area contributed by atoms with Gasteiger partial charge in [0.05, 0.1) is 13.2 Å². The van der Waals surface area contributed by atoms with Gasteiger partial charge in [0.1, 0.15) is 5.75 Å². The van der Waals surface area contributed by atoms with Crippen LogP contribution in [0.2, 0.25) is 0 Å². The predicted octanol–water partition coefficient (Wildman–Crippen LogP) is 2.81. The van der Waals surface area contributed by atoms with Crippen molar-refractivity contribution >= 4 is 0 Å². The average molecular weight is 307 g/mol. The largest absolute Gasteiger partial charge is 0.496 e. The molecule has 1 fully saturated rings. The summed E-state index contributed by atoms with van der Waals surface area (Å²) in [7, 11) is 3.82. The number of methoxy groups -OCH3 is 1. The Morgan fingerprint density at radius 3 is 2.77 bits per heavy atom. The van der Waals surface area contributed by atoms with Crippen LogP contribution < -0.4 is 14.2 Å². The second-order valence-corrected chi connectivity index (χ2v) is 6.03. The van der Waals surface area contributed by atoms with Gasteiger partial charge in [-0.1, -0.05) is 0 Å². The molecule has 2 heterocycles. The van der Waals surface area contributed by atoms with Crippen LogP contribution in [0.15, 0.2) is 12.1 Å². The van der Waals surface area contributed by atoms with Gasteiger partial charge in [-0.2, -0.15) is 0 Å². The third-order valence-corrected chi connectivity index (χ3v) is 4.32. The molecule has 3 rings (SSSR count). The Morgan fingerprint density at radius 1 is 1.23 bits per heavy atom. The van der Waals surface area contributed by atoms with Crippen molar-refractivity contribution in [1.82, 2.24) is 4.90 Å². The van der Waals surface area contributed by atoms with E-state index in [1.54, 1.807) is 7.11 Å². The highest BCUT2D eigenvalue weighted by Gasteiger charge is 2.19. The standard InChI is InChI=1S/C17H25NO4/c1-18(7-6-14-5-3-4-8-20-14)11-13-9-16-17(22-12-21-16)10-15(13)19-2/h9-10,14H,3-8,11-12H2,1-2H3/t14-/m1/s1. The van der Waals surface area contributed by atoms with E-state index in [0.29, 0.717) is 6.10 Å². The molecule has 122 valence electrons. The molecule has 0 saturated carbocycles. The molecule has 5 nitrogen and oxygen atoms in total. The Bertz CT molecular complexity index is 500. The molecule has 22 heavy (non-hydrogen) atoms. The zero-order chi connectivity index (χ0) is 15.4. The number of nitrogens with zero attached hydrogens (tertiary/aromatic N) is 1. The summed E-state index contributed by atoms with van der Waals surface area (Å²) < 4.78 is 22.1. The summed E-state index contributed by atoms with van der Waals surface area (Å²) in [4.78, 5) is 2.30. The molecule has 0 aromatic heterocycles. The topological polar surface area (TPSA) is 40.2 Å². The van der Waals surface area contributed by atoms with Crippen molar-refractivity contribution in [3.8, 4) is 17.2 Å². The summed E-state index contributed by atoms with van der Waals surface area (Å²) in [6.07, 6.45) is 5.21. The molecule has 0 radical (unpaired) electrons. The molecule has 1 atom stereocenters. The smallest absolute Gasteiger partial charge is 0.231 e. The van der Waals surface area contributed by atoms with E-state index < -0.39 is 0 Å². The maximum atomic E-state index is 5.80. The van der Waals surface area contributed by atoms with Crippen LogP contribution in [0.25, 0.3) is 0 Å². The van der Waals surface area contributed by atoms with Crippen molar-refractivity contribution in [1.29, 1.82) is 0 Å². The van der Waals surface area contributed by atoms with Gasteiger partial charge in [0.2, 0.25) is 6.79 Å². The zero-order valence-electron chi connectivity index (χ0n) is 13.5. The number of hydrogen-bond donors (Lipinski definition) is 0. The van der Waals surface area contributed by atoms with Gasteiger partial charge in [-0.05, 0) is 38.8 Å². The van der Waals surface area contributed by atoms with Crippen LogP contribution in [-0.4, -0.2) is 45.1 Å². The van der Waals surface area contributed by atoms with Crippen LogP contribution in [-0.2, 0) is 11.3 Å². The van der Waals surface area contributed by atoms with Crippen molar-refractivity contribution in [3.05, 3.63) is 17.7 Å². The maximum Gasteiger partial charge on any atom is 0.231 e. The fourth-order valence-electron chi connectivity index (χ4n) is 3.05. The molecule has 0 unspecified atom stereocenters. The van der Waals surface area contributed by atoms with Crippen molar-refractivity contribution in [2.75, 3.05) is 34.1 Å². The van der Waals surface area contributed by atoms with Crippen LogP contribution >= 0.6 is 0 Å². The normalized spacial score (nSPS) is 20.4. The maximum absolute atomic E-state index is 5.80. The summed E-state index contributed by atoms with van der Waals surface area (Å²) in [6.45, 7) is 3.05. The second kappa shape index (κ2) is 7.20. The second-order valence-electron chi connectivity index (χ2n) is 6.03. The Morgan fingerprint density at radius 2 is 2.05 bits per heavy atom. The van der Waals surface area contributed by atoms with Crippen molar-refractivity contribution in [3.63, 3.8) is 0 Å². The first kappa shape index (κ1) is 15.4. The SMILES string of the molecule is COc1cc2c(cc1CN(C)CC[C@H]1CCCCO1)OCO2. The number of benzene rings is 1. The molecule has 1 aromatic rings. The van der Waals surface area contributed by atoms with Gasteiger partial charge in [-0.15, -0.1) is 0 Å².